The molecule has 0 radical (unpaired) electrons. The molecular weight excluding hydrogens is 366 g/mol. The summed E-state index contributed by atoms with van der Waals surface area (Å²) in [5.74, 6) is 0.196. The smallest absolute Gasteiger partial charge is 0.273 e. The fraction of sp³-hybridized carbons (Fsp3) is 0.522. The molecule has 6 heteroatoms. The summed E-state index contributed by atoms with van der Waals surface area (Å²) in [6, 6.07) is 9.71. The molecule has 158 valence electrons. The van der Waals surface area contributed by atoms with Crippen LogP contribution in [0.2, 0.25) is 0 Å². The predicted molar refractivity (Wildman–Crippen MR) is 113 cm³/mol. The topological polar surface area (TPSA) is 75.4 Å². The molecule has 1 N–H and O–H groups in total. The Morgan fingerprint density at radius 2 is 1.76 bits per heavy atom. The summed E-state index contributed by atoms with van der Waals surface area (Å²) in [5, 5.41) is 2.86. The van der Waals surface area contributed by atoms with E-state index in [4.69, 9.17) is 4.42 Å². The average Bonchev–Trinajstić information content (AvgIpc) is 3.20. The summed E-state index contributed by atoms with van der Waals surface area (Å²) in [6.45, 7) is 5.82. The van der Waals surface area contributed by atoms with Crippen molar-refractivity contribution in [3.8, 4) is 0 Å². The third kappa shape index (κ3) is 8.10. The molecule has 6 nitrogen and oxygen atoms in total. The van der Waals surface area contributed by atoms with Gasteiger partial charge in [-0.1, -0.05) is 69.9 Å². The molecule has 2 aromatic rings. The van der Waals surface area contributed by atoms with Gasteiger partial charge in [0.15, 0.2) is 5.69 Å². The molecule has 0 spiro atoms. The Morgan fingerprint density at radius 1 is 1.03 bits per heavy atom. The van der Waals surface area contributed by atoms with Crippen molar-refractivity contribution in [2.45, 2.75) is 65.3 Å². The summed E-state index contributed by atoms with van der Waals surface area (Å²) in [5.41, 5.74) is 1.25. The fourth-order valence-corrected chi connectivity index (χ4v) is 3.05. The number of carbonyl (C=O) groups excluding carboxylic acids is 2. The zero-order valence-corrected chi connectivity index (χ0v) is 17.7. The monoisotopic (exact) mass is 399 g/mol. The largest absolute Gasteiger partial charge is 0.446 e. The number of nitrogens with zero attached hydrogens (tertiary/aromatic N) is 2. The minimum atomic E-state index is -0.232. The first-order valence-electron chi connectivity index (χ1n) is 10.7. The maximum Gasteiger partial charge on any atom is 0.273 e. The van der Waals surface area contributed by atoms with Crippen molar-refractivity contribution in [2.75, 3.05) is 13.1 Å². The molecule has 1 aromatic heterocycles. The van der Waals surface area contributed by atoms with Crippen LogP contribution in [0, 0.1) is 0 Å². The molecule has 2 rings (SSSR count). The van der Waals surface area contributed by atoms with Gasteiger partial charge in [-0.2, -0.15) is 0 Å². The van der Waals surface area contributed by atoms with Gasteiger partial charge in [0, 0.05) is 13.1 Å². The minimum Gasteiger partial charge on any atom is -0.446 e. The van der Waals surface area contributed by atoms with E-state index in [1.165, 1.54) is 6.26 Å². The quantitative estimate of drug-likeness (QED) is 0.508. The molecule has 0 saturated heterocycles. The van der Waals surface area contributed by atoms with Gasteiger partial charge < -0.3 is 14.6 Å². The molecule has 0 aliphatic rings. The Labute approximate surface area is 173 Å². The second-order valence-electron chi connectivity index (χ2n) is 7.27. The van der Waals surface area contributed by atoms with Gasteiger partial charge in [0.1, 0.15) is 6.26 Å². The summed E-state index contributed by atoms with van der Waals surface area (Å²) in [6.07, 6.45) is 7.94. The lowest BCUT2D eigenvalue weighted by Gasteiger charge is -2.21. The SMILES string of the molecule is CCCCCNC(=O)c1coc(CN(CCCCC)C(=O)Cc2ccccc2)n1. The molecule has 29 heavy (non-hydrogen) atoms. The summed E-state index contributed by atoms with van der Waals surface area (Å²) in [4.78, 5) is 31.1. The molecule has 0 atom stereocenters. The number of unbranched alkanes of at least 4 members (excludes halogenated alkanes) is 4. The highest BCUT2D eigenvalue weighted by Crippen LogP contribution is 2.11. The number of hydrogen-bond donors (Lipinski definition) is 1. The molecule has 0 aliphatic heterocycles. The van der Waals surface area contributed by atoms with Crippen LogP contribution in [0.4, 0.5) is 0 Å². The van der Waals surface area contributed by atoms with Crippen LogP contribution in [0.25, 0.3) is 0 Å². The highest BCUT2D eigenvalue weighted by atomic mass is 16.3. The van der Waals surface area contributed by atoms with Gasteiger partial charge in [0.2, 0.25) is 11.8 Å². The van der Waals surface area contributed by atoms with Gasteiger partial charge in [-0.3, -0.25) is 9.59 Å². The van der Waals surface area contributed by atoms with Crippen LogP contribution in [-0.4, -0.2) is 34.8 Å². The average molecular weight is 400 g/mol. The maximum absolute atomic E-state index is 12.8. The Morgan fingerprint density at radius 3 is 2.48 bits per heavy atom. The lowest BCUT2D eigenvalue weighted by atomic mass is 10.1. The van der Waals surface area contributed by atoms with Crippen molar-refractivity contribution in [1.82, 2.24) is 15.2 Å². The van der Waals surface area contributed by atoms with Crippen LogP contribution < -0.4 is 5.32 Å². The summed E-state index contributed by atoms with van der Waals surface area (Å²) in [7, 11) is 0. The normalized spacial score (nSPS) is 10.7. The third-order valence-corrected chi connectivity index (χ3v) is 4.76. The summed E-state index contributed by atoms with van der Waals surface area (Å²) >= 11 is 0. The molecular formula is C23H33N3O3. The molecule has 1 heterocycles. The number of hydrogen-bond acceptors (Lipinski definition) is 4. The first kappa shape index (κ1) is 22.7. The minimum absolute atomic E-state index is 0.0380. The zero-order valence-electron chi connectivity index (χ0n) is 17.7. The Hall–Kier alpha value is -2.63. The highest BCUT2D eigenvalue weighted by Gasteiger charge is 2.18. The van der Waals surface area contributed by atoms with Crippen molar-refractivity contribution < 1.29 is 14.0 Å². The number of nitrogens with one attached hydrogen (secondary N) is 1. The van der Waals surface area contributed by atoms with E-state index in [2.05, 4.69) is 24.1 Å². The molecule has 0 saturated carbocycles. The van der Waals surface area contributed by atoms with Gasteiger partial charge in [-0.15, -0.1) is 0 Å². The van der Waals surface area contributed by atoms with Crippen LogP contribution in [0.15, 0.2) is 41.0 Å². The number of benzene rings is 1. The van der Waals surface area contributed by atoms with Crippen LogP contribution in [-0.2, 0) is 17.8 Å². The van der Waals surface area contributed by atoms with Crippen LogP contribution in [0.1, 0.15) is 74.3 Å². The Balaban J connectivity index is 1.96. The molecule has 1 aromatic carbocycles. The van der Waals surface area contributed by atoms with Gasteiger partial charge in [-0.05, 0) is 18.4 Å². The Bertz CT molecular complexity index is 743. The van der Waals surface area contributed by atoms with Gasteiger partial charge in [-0.25, -0.2) is 4.98 Å². The van der Waals surface area contributed by atoms with Gasteiger partial charge >= 0.3 is 0 Å². The van der Waals surface area contributed by atoms with E-state index in [0.717, 1.165) is 44.1 Å². The maximum atomic E-state index is 12.8. The van der Waals surface area contributed by atoms with Crippen LogP contribution >= 0.6 is 0 Å². The molecule has 0 aliphatic carbocycles. The first-order valence-corrected chi connectivity index (χ1v) is 10.7. The number of oxazole rings is 1. The fourth-order valence-electron chi connectivity index (χ4n) is 3.05. The van der Waals surface area contributed by atoms with Crippen molar-refractivity contribution in [3.05, 3.63) is 53.7 Å². The second-order valence-corrected chi connectivity index (χ2v) is 7.27. The standard InChI is InChI=1S/C23H33N3O3/c1-3-5-10-14-24-23(28)20-18-29-21(25-20)17-26(15-11-6-4-2)22(27)16-19-12-8-7-9-13-19/h7-9,12-13,18H,3-6,10-11,14-17H2,1-2H3,(H,24,28). The molecule has 2 amide bonds. The third-order valence-electron chi connectivity index (χ3n) is 4.76. The summed E-state index contributed by atoms with van der Waals surface area (Å²) < 4.78 is 5.48. The van der Waals surface area contributed by atoms with Crippen molar-refractivity contribution in [3.63, 3.8) is 0 Å². The van der Waals surface area contributed by atoms with E-state index < -0.39 is 0 Å². The highest BCUT2D eigenvalue weighted by molar-refractivity contribution is 5.91. The number of aromatic nitrogens is 1. The van der Waals surface area contributed by atoms with Crippen molar-refractivity contribution >= 4 is 11.8 Å². The van der Waals surface area contributed by atoms with Crippen molar-refractivity contribution in [2.24, 2.45) is 0 Å². The van der Waals surface area contributed by atoms with E-state index in [0.29, 0.717) is 25.4 Å². The van der Waals surface area contributed by atoms with Crippen LogP contribution in [0.3, 0.4) is 0 Å². The lowest BCUT2D eigenvalue weighted by Crippen LogP contribution is -2.33. The number of carbonyl (C=O) groups is 2. The van der Waals surface area contributed by atoms with E-state index in [1.807, 2.05) is 30.3 Å². The van der Waals surface area contributed by atoms with Crippen molar-refractivity contribution in [1.29, 1.82) is 0 Å². The number of amides is 2. The van der Waals surface area contributed by atoms with Gasteiger partial charge in [0.25, 0.3) is 5.91 Å². The molecule has 0 unspecified atom stereocenters. The zero-order chi connectivity index (χ0) is 20.9. The van der Waals surface area contributed by atoms with Gasteiger partial charge in [0.05, 0.1) is 13.0 Å². The predicted octanol–water partition coefficient (Wildman–Crippen LogP) is 4.36. The van der Waals surface area contributed by atoms with E-state index in [1.54, 1.807) is 4.90 Å². The second kappa shape index (κ2) is 12.8. The first-order chi connectivity index (χ1) is 14.1. The number of rotatable bonds is 13. The molecule has 0 bridgehead atoms. The van der Waals surface area contributed by atoms with E-state index >= 15 is 0 Å². The Kier molecular flexibility index (Phi) is 9.96. The lowest BCUT2D eigenvalue weighted by molar-refractivity contribution is -0.131. The van der Waals surface area contributed by atoms with E-state index in [-0.39, 0.29) is 24.1 Å². The molecule has 0 fully saturated rings. The van der Waals surface area contributed by atoms with E-state index in [9.17, 15) is 9.59 Å². The van der Waals surface area contributed by atoms with Crippen LogP contribution in [0.5, 0.6) is 0 Å².